The normalized spacial score (nSPS) is 19.0. The first-order valence-electron chi connectivity index (χ1n) is 13.8. The van der Waals surface area contributed by atoms with Crippen molar-refractivity contribution in [2.24, 2.45) is 5.92 Å². The van der Waals surface area contributed by atoms with Gasteiger partial charge in [0.2, 0.25) is 5.91 Å². The van der Waals surface area contributed by atoms with Crippen molar-refractivity contribution in [3.05, 3.63) is 58.6 Å². The van der Waals surface area contributed by atoms with E-state index < -0.39 is 12.1 Å². The van der Waals surface area contributed by atoms with Crippen LogP contribution in [-0.2, 0) is 4.79 Å². The lowest BCUT2D eigenvalue weighted by atomic mass is 9.82. The van der Waals surface area contributed by atoms with Gasteiger partial charge in [0.1, 0.15) is 17.6 Å². The van der Waals surface area contributed by atoms with Crippen molar-refractivity contribution in [2.75, 3.05) is 0 Å². The molecule has 5 rings (SSSR count). The van der Waals surface area contributed by atoms with E-state index >= 15 is 0 Å². The Morgan fingerprint density at radius 1 is 1.05 bits per heavy atom. The van der Waals surface area contributed by atoms with E-state index in [9.17, 15) is 9.18 Å². The highest BCUT2D eigenvalue weighted by atomic mass is 35.5. The van der Waals surface area contributed by atoms with Gasteiger partial charge in [-0.3, -0.25) is 4.79 Å². The lowest BCUT2D eigenvalue weighted by Crippen LogP contribution is -2.44. The van der Waals surface area contributed by atoms with Crippen LogP contribution in [0.15, 0.2) is 36.4 Å². The minimum Gasteiger partial charge on any atom is -0.483 e. The molecule has 2 atom stereocenters. The molecule has 198 valence electrons. The number of carbonyl (C=O) groups is 1. The fourth-order valence-electron chi connectivity index (χ4n) is 6.18. The minimum atomic E-state index is -0.457. The van der Waals surface area contributed by atoms with E-state index in [1.165, 1.54) is 25.0 Å². The Kier molecular flexibility index (Phi) is 8.04. The summed E-state index contributed by atoms with van der Waals surface area (Å²) in [6.45, 7) is 3.90. The second kappa shape index (κ2) is 11.4. The van der Waals surface area contributed by atoms with Gasteiger partial charge in [0.15, 0.2) is 11.9 Å². The third kappa shape index (κ3) is 5.79. The third-order valence-electron chi connectivity index (χ3n) is 8.08. The fraction of sp³-hybridized carbons (Fsp3) is 0.533. The smallest absolute Gasteiger partial charge is 0.243 e. The van der Waals surface area contributed by atoms with Gasteiger partial charge in [-0.05, 0) is 87.4 Å². The number of amides is 1. The van der Waals surface area contributed by atoms with E-state index in [0.717, 1.165) is 56.9 Å². The third-order valence-corrected chi connectivity index (χ3v) is 8.31. The lowest BCUT2D eigenvalue weighted by Gasteiger charge is -2.34. The second-order valence-electron chi connectivity index (χ2n) is 10.8. The zero-order valence-electron chi connectivity index (χ0n) is 21.8. The number of nitrogens with one attached hydrogen (secondary N) is 1. The first-order chi connectivity index (χ1) is 17.9. The minimum absolute atomic E-state index is 0.0264. The van der Waals surface area contributed by atoms with Crippen LogP contribution in [0.4, 0.5) is 4.39 Å². The molecule has 0 spiro atoms. The van der Waals surface area contributed by atoms with Gasteiger partial charge in [-0.15, -0.1) is 0 Å². The number of hydrogen-bond acceptors (Lipinski definition) is 3. The van der Waals surface area contributed by atoms with Crippen LogP contribution in [0.25, 0.3) is 11.0 Å². The topological polar surface area (TPSA) is 56.2 Å². The summed E-state index contributed by atoms with van der Waals surface area (Å²) in [5.74, 6) is 1.21. The van der Waals surface area contributed by atoms with Gasteiger partial charge in [-0.25, -0.2) is 9.37 Å². The zero-order valence-corrected chi connectivity index (χ0v) is 22.6. The molecule has 1 heterocycles. The number of aryl methyl sites for hydroxylation is 1. The molecule has 0 radical (unpaired) electrons. The molecular weight excluding hydrogens is 489 g/mol. The predicted octanol–water partition coefficient (Wildman–Crippen LogP) is 7.85. The number of aromatic nitrogens is 2. The Bertz CT molecular complexity index is 1250. The molecule has 0 bridgehead atoms. The number of ether oxygens (including phenoxy) is 1. The number of halogens is 2. The summed E-state index contributed by atoms with van der Waals surface area (Å²) in [7, 11) is 0. The van der Waals surface area contributed by atoms with Crippen molar-refractivity contribution >= 4 is 28.5 Å². The van der Waals surface area contributed by atoms with Gasteiger partial charge in [0.25, 0.3) is 0 Å². The maximum Gasteiger partial charge on any atom is 0.243 e. The molecule has 37 heavy (non-hydrogen) atoms. The van der Waals surface area contributed by atoms with E-state index in [2.05, 4.69) is 5.32 Å². The first-order valence-corrected chi connectivity index (χ1v) is 14.2. The molecule has 2 unspecified atom stereocenters. The quantitative estimate of drug-likeness (QED) is 0.341. The molecule has 5 nitrogen and oxygen atoms in total. The average molecular weight is 526 g/mol. The van der Waals surface area contributed by atoms with Crippen molar-refractivity contribution in [3.8, 4) is 5.75 Å². The first kappa shape index (κ1) is 26.0. The van der Waals surface area contributed by atoms with Crippen molar-refractivity contribution in [3.63, 3.8) is 0 Å². The molecule has 2 aliphatic rings. The summed E-state index contributed by atoms with van der Waals surface area (Å²) < 4.78 is 22.9. The van der Waals surface area contributed by atoms with Crippen molar-refractivity contribution < 1.29 is 13.9 Å². The monoisotopic (exact) mass is 525 g/mol. The van der Waals surface area contributed by atoms with Gasteiger partial charge in [0, 0.05) is 11.1 Å². The standard InChI is InChI=1S/C30H37ClFN3O2/c1-19-17-22(31)13-16-27(19)37-20(2)29-34-25-15-14-23(32)18-26(25)35(29)28(21-9-5-3-6-10-21)30(36)33-24-11-7-4-8-12-24/h13-18,20-21,24,28H,3-12H2,1-2H3,(H,33,36). The van der Waals surface area contributed by atoms with Crippen molar-refractivity contribution in [1.29, 1.82) is 0 Å². The van der Waals surface area contributed by atoms with Crippen LogP contribution in [-0.4, -0.2) is 21.5 Å². The Morgan fingerprint density at radius 3 is 2.46 bits per heavy atom. The fourth-order valence-corrected chi connectivity index (χ4v) is 6.40. The maximum atomic E-state index is 14.6. The van der Waals surface area contributed by atoms with Crippen molar-refractivity contribution in [2.45, 2.75) is 96.2 Å². The Labute approximate surface area is 223 Å². The summed E-state index contributed by atoms with van der Waals surface area (Å²) >= 11 is 6.15. The molecule has 0 aliphatic heterocycles. The van der Waals surface area contributed by atoms with E-state index in [1.54, 1.807) is 12.1 Å². The van der Waals surface area contributed by atoms with Crippen LogP contribution in [0, 0.1) is 18.7 Å². The number of carbonyl (C=O) groups excluding carboxylic acids is 1. The summed E-state index contributed by atoms with van der Waals surface area (Å²) in [4.78, 5) is 19.0. The predicted molar refractivity (Wildman–Crippen MR) is 146 cm³/mol. The van der Waals surface area contributed by atoms with Gasteiger partial charge >= 0.3 is 0 Å². The van der Waals surface area contributed by atoms with E-state index in [0.29, 0.717) is 27.6 Å². The molecule has 3 aromatic rings. The largest absolute Gasteiger partial charge is 0.483 e. The van der Waals surface area contributed by atoms with Crippen LogP contribution in [0.2, 0.25) is 5.02 Å². The highest BCUT2D eigenvalue weighted by Gasteiger charge is 2.36. The van der Waals surface area contributed by atoms with Gasteiger partial charge < -0.3 is 14.6 Å². The number of hydrogen-bond donors (Lipinski definition) is 1. The SMILES string of the molecule is Cc1cc(Cl)ccc1OC(C)c1nc2ccc(F)cc2n1C(C(=O)NC1CCCCC1)C1CCCCC1. The number of nitrogens with zero attached hydrogens (tertiary/aromatic N) is 2. The van der Waals surface area contributed by atoms with Gasteiger partial charge in [-0.1, -0.05) is 50.1 Å². The number of fused-ring (bicyclic) bond motifs is 1. The molecule has 2 aliphatic carbocycles. The summed E-state index contributed by atoms with van der Waals surface area (Å²) in [6, 6.07) is 9.90. The van der Waals surface area contributed by atoms with E-state index in [-0.39, 0.29) is 23.7 Å². The average Bonchev–Trinajstić information content (AvgIpc) is 3.25. The number of rotatable bonds is 7. The lowest BCUT2D eigenvalue weighted by molar-refractivity contribution is -0.127. The summed E-state index contributed by atoms with van der Waals surface area (Å²) in [5.41, 5.74) is 2.24. The Morgan fingerprint density at radius 2 is 1.76 bits per heavy atom. The molecule has 1 N–H and O–H groups in total. The van der Waals surface area contributed by atoms with E-state index in [4.69, 9.17) is 21.3 Å². The Hall–Kier alpha value is -2.60. The van der Waals surface area contributed by atoms with Crippen LogP contribution < -0.4 is 10.1 Å². The molecule has 2 fully saturated rings. The molecule has 2 aromatic carbocycles. The van der Waals surface area contributed by atoms with E-state index in [1.807, 2.05) is 30.5 Å². The number of benzene rings is 2. The highest BCUT2D eigenvalue weighted by molar-refractivity contribution is 6.30. The zero-order chi connectivity index (χ0) is 25.9. The van der Waals surface area contributed by atoms with Crippen LogP contribution in [0.3, 0.4) is 0 Å². The molecule has 1 amide bonds. The highest BCUT2D eigenvalue weighted by Crippen LogP contribution is 2.38. The molecule has 0 saturated heterocycles. The van der Waals surface area contributed by atoms with Crippen LogP contribution in [0.5, 0.6) is 5.75 Å². The van der Waals surface area contributed by atoms with Gasteiger partial charge in [-0.2, -0.15) is 0 Å². The molecule has 7 heteroatoms. The van der Waals surface area contributed by atoms with Crippen LogP contribution >= 0.6 is 11.6 Å². The maximum absolute atomic E-state index is 14.6. The van der Waals surface area contributed by atoms with Crippen molar-refractivity contribution in [1.82, 2.24) is 14.9 Å². The number of imidazole rings is 1. The molecule has 2 saturated carbocycles. The summed E-state index contributed by atoms with van der Waals surface area (Å²) in [5, 5.41) is 4.03. The van der Waals surface area contributed by atoms with Gasteiger partial charge in [0.05, 0.1) is 11.0 Å². The Balaban J connectivity index is 1.57. The molecular formula is C30H37ClFN3O2. The summed E-state index contributed by atoms with van der Waals surface area (Å²) in [6.07, 6.45) is 10.4. The molecule has 1 aromatic heterocycles. The van der Waals surface area contributed by atoms with Crippen LogP contribution in [0.1, 0.15) is 94.7 Å². The second-order valence-corrected chi connectivity index (χ2v) is 11.3.